The summed E-state index contributed by atoms with van der Waals surface area (Å²) in [6, 6.07) is 7.62. The van der Waals surface area contributed by atoms with Crippen LogP contribution in [0.2, 0.25) is 0 Å². The Morgan fingerprint density at radius 2 is 2.09 bits per heavy atom. The van der Waals surface area contributed by atoms with Crippen LogP contribution < -0.4 is 5.32 Å². The number of thiophene rings is 1. The number of esters is 1. The molecular formula is C16H14FNO3S. The summed E-state index contributed by atoms with van der Waals surface area (Å²) in [5.41, 5.74) is 0.926. The molecule has 0 radical (unpaired) electrons. The van der Waals surface area contributed by atoms with E-state index in [9.17, 15) is 14.0 Å². The van der Waals surface area contributed by atoms with Crippen molar-refractivity contribution in [3.63, 3.8) is 0 Å². The lowest BCUT2D eigenvalue weighted by Gasteiger charge is -2.12. The number of ether oxygens (including phenoxy) is 1. The van der Waals surface area contributed by atoms with E-state index in [1.54, 1.807) is 12.1 Å². The van der Waals surface area contributed by atoms with Gasteiger partial charge in [0, 0.05) is 6.08 Å². The van der Waals surface area contributed by atoms with E-state index in [1.807, 2.05) is 16.8 Å². The number of halogens is 1. The first kappa shape index (κ1) is 15.9. The van der Waals surface area contributed by atoms with Crippen LogP contribution in [-0.4, -0.2) is 18.0 Å². The van der Waals surface area contributed by atoms with Gasteiger partial charge in [0.2, 0.25) is 0 Å². The van der Waals surface area contributed by atoms with Crippen molar-refractivity contribution in [1.29, 1.82) is 0 Å². The fourth-order valence-corrected chi connectivity index (χ4v) is 2.23. The highest BCUT2D eigenvalue weighted by atomic mass is 32.1. The predicted octanol–water partition coefficient (Wildman–Crippen LogP) is 3.47. The summed E-state index contributed by atoms with van der Waals surface area (Å²) < 4.78 is 18.4. The van der Waals surface area contributed by atoms with Crippen molar-refractivity contribution in [2.75, 3.05) is 5.32 Å². The van der Waals surface area contributed by atoms with Gasteiger partial charge in [-0.05, 0) is 47.5 Å². The van der Waals surface area contributed by atoms with E-state index in [0.29, 0.717) is 0 Å². The third kappa shape index (κ3) is 4.53. The van der Waals surface area contributed by atoms with Gasteiger partial charge in [-0.25, -0.2) is 9.18 Å². The van der Waals surface area contributed by atoms with Gasteiger partial charge < -0.3 is 10.1 Å². The number of carbonyl (C=O) groups is 2. The maximum Gasteiger partial charge on any atom is 0.331 e. The van der Waals surface area contributed by atoms with Crippen LogP contribution in [-0.2, 0) is 14.3 Å². The summed E-state index contributed by atoms with van der Waals surface area (Å²) in [6.07, 6.45) is 1.81. The topological polar surface area (TPSA) is 55.4 Å². The zero-order valence-corrected chi connectivity index (χ0v) is 12.6. The molecule has 114 valence electrons. The summed E-state index contributed by atoms with van der Waals surface area (Å²) in [5, 5.41) is 6.13. The van der Waals surface area contributed by atoms with Crippen molar-refractivity contribution >= 4 is 35.0 Å². The third-order valence-corrected chi connectivity index (χ3v) is 3.45. The Morgan fingerprint density at radius 3 is 2.77 bits per heavy atom. The Hall–Kier alpha value is -2.47. The van der Waals surface area contributed by atoms with Gasteiger partial charge in [-0.2, -0.15) is 11.3 Å². The minimum atomic E-state index is -1.03. The molecule has 22 heavy (non-hydrogen) atoms. The van der Waals surface area contributed by atoms with Crippen molar-refractivity contribution < 1.29 is 18.7 Å². The minimum absolute atomic E-state index is 0.0456. The summed E-state index contributed by atoms with van der Waals surface area (Å²) >= 11 is 1.51. The Labute approximate surface area is 131 Å². The molecule has 6 heteroatoms. The maximum atomic E-state index is 13.4. The molecule has 2 aromatic rings. The quantitative estimate of drug-likeness (QED) is 0.678. The number of para-hydroxylation sites is 1. The lowest BCUT2D eigenvalue weighted by molar-refractivity contribution is -0.148. The van der Waals surface area contributed by atoms with E-state index in [1.165, 1.54) is 42.5 Å². The van der Waals surface area contributed by atoms with Gasteiger partial charge in [0.05, 0.1) is 5.69 Å². The second-order valence-electron chi connectivity index (χ2n) is 4.44. The van der Waals surface area contributed by atoms with Crippen molar-refractivity contribution in [2.24, 2.45) is 0 Å². The molecule has 1 aromatic carbocycles. The highest BCUT2D eigenvalue weighted by Crippen LogP contribution is 2.13. The number of carbonyl (C=O) groups excluding carboxylic acids is 2. The smallest absolute Gasteiger partial charge is 0.331 e. The Morgan fingerprint density at radius 1 is 1.32 bits per heavy atom. The molecule has 0 aliphatic rings. The molecule has 0 saturated heterocycles. The number of hydrogen-bond acceptors (Lipinski definition) is 4. The number of benzene rings is 1. The van der Waals surface area contributed by atoms with E-state index < -0.39 is 23.8 Å². The van der Waals surface area contributed by atoms with Gasteiger partial charge in [0.15, 0.2) is 6.10 Å². The zero-order chi connectivity index (χ0) is 15.9. The average molecular weight is 319 g/mol. The summed E-state index contributed by atoms with van der Waals surface area (Å²) in [4.78, 5) is 23.5. The number of rotatable bonds is 5. The normalized spacial score (nSPS) is 12.1. The fraction of sp³-hybridized carbons (Fsp3) is 0.125. The van der Waals surface area contributed by atoms with Crippen LogP contribution in [0.4, 0.5) is 10.1 Å². The zero-order valence-electron chi connectivity index (χ0n) is 11.8. The van der Waals surface area contributed by atoms with Crippen molar-refractivity contribution in [3.05, 3.63) is 58.5 Å². The molecule has 0 aliphatic carbocycles. The lowest BCUT2D eigenvalue weighted by Crippen LogP contribution is -2.29. The van der Waals surface area contributed by atoms with Gasteiger partial charge >= 0.3 is 5.97 Å². The molecule has 1 aromatic heterocycles. The molecule has 4 nitrogen and oxygen atoms in total. The maximum absolute atomic E-state index is 13.4. The number of nitrogens with one attached hydrogen (secondary N) is 1. The van der Waals surface area contributed by atoms with E-state index in [4.69, 9.17) is 4.74 Å². The molecule has 1 heterocycles. The summed E-state index contributed by atoms with van der Waals surface area (Å²) in [7, 11) is 0. The molecule has 0 fully saturated rings. The van der Waals surface area contributed by atoms with Crippen LogP contribution in [0.25, 0.3) is 6.08 Å². The largest absolute Gasteiger partial charge is 0.449 e. The first-order valence-corrected chi connectivity index (χ1v) is 7.47. The first-order valence-electron chi connectivity index (χ1n) is 6.52. The molecular weight excluding hydrogens is 305 g/mol. The van der Waals surface area contributed by atoms with Crippen LogP contribution in [0.5, 0.6) is 0 Å². The van der Waals surface area contributed by atoms with Crippen molar-refractivity contribution in [1.82, 2.24) is 0 Å². The van der Waals surface area contributed by atoms with Crippen LogP contribution in [0.3, 0.4) is 0 Å². The van der Waals surface area contributed by atoms with Gasteiger partial charge in [-0.15, -0.1) is 0 Å². The van der Waals surface area contributed by atoms with Crippen molar-refractivity contribution in [3.8, 4) is 0 Å². The highest BCUT2D eigenvalue weighted by molar-refractivity contribution is 7.08. The number of anilines is 1. The van der Waals surface area contributed by atoms with Gasteiger partial charge in [-0.3, -0.25) is 4.79 Å². The molecule has 0 aliphatic heterocycles. The molecule has 0 unspecified atom stereocenters. The first-order chi connectivity index (χ1) is 10.6. The standard InChI is InChI=1S/C16H14FNO3S/c1-11(16(20)18-14-5-3-2-4-13(14)17)21-15(19)7-6-12-8-9-22-10-12/h2-11H,1H3,(H,18,20)/b7-6+/t11-/m1/s1. The molecule has 0 bridgehead atoms. The molecule has 1 N–H and O–H groups in total. The highest BCUT2D eigenvalue weighted by Gasteiger charge is 2.17. The molecule has 1 atom stereocenters. The SMILES string of the molecule is C[C@@H](OC(=O)/C=C/c1ccsc1)C(=O)Nc1ccccc1F. The van der Waals surface area contributed by atoms with Gasteiger partial charge in [-0.1, -0.05) is 12.1 Å². The fourth-order valence-electron chi connectivity index (χ4n) is 1.60. The van der Waals surface area contributed by atoms with Crippen LogP contribution in [0.1, 0.15) is 12.5 Å². The molecule has 1 amide bonds. The Bertz CT molecular complexity index is 682. The molecule has 0 saturated carbocycles. The lowest BCUT2D eigenvalue weighted by atomic mass is 10.3. The number of hydrogen-bond donors (Lipinski definition) is 1. The summed E-state index contributed by atoms with van der Waals surface area (Å²) in [5.74, 6) is -1.78. The Balaban J connectivity index is 1.88. The number of amides is 1. The van der Waals surface area contributed by atoms with E-state index >= 15 is 0 Å². The van der Waals surface area contributed by atoms with E-state index in [-0.39, 0.29) is 5.69 Å². The third-order valence-electron chi connectivity index (χ3n) is 2.75. The van der Waals surface area contributed by atoms with Gasteiger partial charge in [0.1, 0.15) is 5.82 Å². The monoisotopic (exact) mass is 319 g/mol. The second kappa shape index (κ2) is 7.51. The predicted molar refractivity (Wildman–Crippen MR) is 83.9 cm³/mol. The molecule has 2 rings (SSSR count). The summed E-state index contributed by atoms with van der Waals surface area (Å²) in [6.45, 7) is 1.42. The van der Waals surface area contributed by atoms with Crippen LogP contribution >= 0.6 is 11.3 Å². The molecule has 0 spiro atoms. The second-order valence-corrected chi connectivity index (χ2v) is 5.22. The van der Waals surface area contributed by atoms with Crippen LogP contribution in [0, 0.1) is 5.82 Å². The van der Waals surface area contributed by atoms with E-state index in [0.717, 1.165) is 5.56 Å². The minimum Gasteiger partial charge on any atom is -0.449 e. The van der Waals surface area contributed by atoms with E-state index in [2.05, 4.69) is 5.32 Å². The Kier molecular flexibility index (Phi) is 5.43. The average Bonchev–Trinajstić information content (AvgIpc) is 3.00. The van der Waals surface area contributed by atoms with Crippen LogP contribution in [0.15, 0.2) is 47.2 Å². The van der Waals surface area contributed by atoms with Gasteiger partial charge in [0.25, 0.3) is 5.91 Å². The van der Waals surface area contributed by atoms with Crippen molar-refractivity contribution in [2.45, 2.75) is 13.0 Å².